The minimum atomic E-state index is 0.305. The average molecular weight is 419 g/mol. The first-order chi connectivity index (χ1) is 14.8. The number of nitrogens with zero attached hydrogens (tertiary/aromatic N) is 2. The summed E-state index contributed by atoms with van der Waals surface area (Å²) in [7, 11) is 1.71. The Morgan fingerprint density at radius 3 is 3.03 bits per heavy atom. The van der Waals surface area contributed by atoms with E-state index in [0.29, 0.717) is 12.0 Å². The van der Waals surface area contributed by atoms with Crippen molar-refractivity contribution in [2.24, 2.45) is 10.9 Å². The molecule has 0 spiro atoms. The third-order valence-corrected chi connectivity index (χ3v) is 5.64. The molecule has 2 aliphatic heterocycles. The lowest BCUT2D eigenvalue weighted by Gasteiger charge is -2.19. The largest absolute Gasteiger partial charge is 0.497 e. The zero-order valence-electron chi connectivity index (χ0n) is 18.6. The van der Waals surface area contributed by atoms with Crippen LogP contribution in [0, 0.1) is 5.92 Å². The van der Waals surface area contributed by atoms with Gasteiger partial charge in [0.2, 0.25) is 0 Å². The van der Waals surface area contributed by atoms with E-state index in [0.717, 1.165) is 89.9 Å². The van der Waals surface area contributed by atoms with E-state index < -0.39 is 0 Å². The van der Waals surface area contributed by atoms with Crippen LogP contribution in [0.5, 0.6) is 5.75 Å². The summed E-state index contributed by atoms with van der Waals surface area (Å²) in [6.45, 7) is 9.13. The van der Waals surface area contributed by atoms with Crippen LogP contribution in [0.2, 0.25) is 0 Å². The van der Waals surface area contributed by atoms with Gasteiger partial charge in [-0.05, 0) is 50.7 Å². The van der Waals surface area contributed by atoms with Crippen molar-refractivity contribution in [3.63, 3.8) is 0 Å². The summed E-state index contributed by atoms with van der Waals surface area (Å²) in [5, 5.41) is 6.78. The molecule has 0 amide bonds. The lowest BCUT2D eigenvalue weighted by Crippen LogP contribution is -2.38. The Bertz CT molecular complexity index is 649. The second-order valence-electron chi connectivity index (χ2n) is 8.01. The Labute approximate surface area is 181 Å². The fourth-order valence-electron chi connectivity index (χ4n) is 3.96. The summed E-state index contributed by atoms with van der Waals surface area (Å²) in [5.74, 6) is 2.38. The number of benzene rings is 1. The molecule has 1 aromatic carbocycles. The summed E-state index contributed by atoms with van der Waals surface area (Å²) >= 11 is 0. The number of rotatable bonds is 11. The molecule has 2 unspecified atom stereocenters. The molecule has 0 aromatic heterocycles. The number of ether oxygens (including phenoxy) is 3. The molecule has 2 heterocycles. The molecule has 7 heteroatoms. The molecule has 2 aliphatic rings. The molecular formula is C23H38N4O3. The maximum atomic E-state index is 5.73. The van der Waals surface area contributed by atoms with Gasteiger partial charge in [-0.2, -0.15) is 0 Å². The van der Waals surface area contributed by atoms with E-state index in [1.807, 2.05) is 6.07 Å². The highest BCUT2D eigenvalue weighted by Gasteiger charge is 2.23. The van der Waals surface area contributed by atoms with Crippen LogP contribution >= 0.6 is 0 Å². The van der Waals surface area contributed by atoms with Crippen molar-refractivity contribution >= 4 is 11.6 Å². The molecule has 2 N–H and O–H groups in total. The van der Waals surface area contributed by atoms with Crippen molar-refractivity contribution in [1.29, 1.82) is 0 Å². The number of guanidine groups is 1. The van der Waals surface area contributed by atoms with Crippen molar-refractivity contribution in [1.82, 2.24) is 10.6 Å². The van der Waals surface area contributed by atoms with Crippen LogP contribution in [-0.4, -0.2) is 71.7 Å². The van der Waals surface area contributed by atoms with E-state index in [1.165, 1.54) is 5.69 Å². The number of methoxy groups -OCH3 is 1. The van der Waals surface area contributed by atoms with Gasteiger partial charge in [0.25, 0.3) is 0 Å². The van der Waals surface area contributed by atoms with Crippen molar-refractivity contribution < 1.29 is 14.2 Å². The summed E-state index contributed by atoms with van der Waals surface area (Å²) in [5.41, 5.74) is 1.23. The minimum Gasteiger partial charge on any atom is -0.497 e. The fourth-order valence-corrected chi connectivity index (χ4v) is 3.96. The van der Waals surface area contributed by atoms with Crippen molar-refractivity contribution in [3.05, 3.63) is 24.3 Å². The predicted octanol–water partition coefficient (Wildman–Crippen LogP) is 2.66. The highest BCUT2D eigenvalue weighted by molar-refractivity contribution is 5.79. The van der Waals surface area contributed by atoms with Crippen molar-refractivity contribution in [2.45, 2.75) is 38.7 Å². The summed E-state index contributed by atoms with van der Waals surface area (Å²) in [6.07, 6.45) is 4.73. The second-order valence-corrected chi connectivity index (χ2v) is 8.01. The van der Waals surface area contributed by atoms with Crippen molar-refractivity contribution in [2.75, 3.05) is 64.6 Å². The molecule has 2 fully saturated rings. The number of hydrogen-bond donors (Lipinski definition) is 2. The smallest absolute Gasteiger partial charge is 0.191 e. The van der Waals surface area contributed by atoms with Gasteiger partial charge in [-0.3, -0.25) is 4.99 Å². The van der Waals surface area contributed by atoms with Crippen LogP contribution in [0.3, 0.4) is 0 Å². The fraction of sp³-hybridized carbons (Fsp3) is 0.696. The second kappa shape index (κ2) is 12.6. The Kier molecular flexibility index (Phi) is 9.57. The zero-order chi connectivity index (χ0) is 21.0. The van der Waals surface area contributed by atoms with Crippen LogP contribution in [0.1, 0.15) is 32.6 Å². The van der Waals surface area contributed by atoms with Crippen LogP contribution in [0.4, 0.5) is 5.69 Å². The standard InChI is InChI=1S/C23H38N4O3/c1-3-24-23(25-11-6-13-29-18-22-9-5-14-30-22)26-16-19-10-12-27(17-19)20-7-4-8-21(15-20)28-2/h4,7-8,15,19,22H,3,5-6,9-14,16-18H2,1-2H3,(H2,24,25,26). The topological polar surface area (TPSA) is 67.4 Å². The SMILES string of the molecule is CCNC(=NCC1CCN(c2cccc(OC)c2)C1)NCCCOCC1CCCO1. The van der Waals surface area contributed by atoms with E-state index in [-0.39, 0.29) is 0 Å². The highest BCUT2D eigenvalue weighted by Crippen LogP contribution is 2.27. The predicted molar refractivity (Wildman–Crippen MR) is 122 cm³/mol. The lowest BCUT2D eigenvalue weighted by atomic mass is 10.1. The van der Waals surface area contributed by atoms with Gasteiger partial charge in [0, 0.05) is 57.7 Å². The Morgan fingerprint density at radius 1 is 1.30 bits per heavy atom. The van der Waals surface area contributed by atoms with Gasteiger partial charge in [-0.25, -0.2) is 0 Å². The van der Waals surface area contributed by atoms with Crippen LogP contribution in [0.25, 0.3) is 0 Å². The molecule has 168 valence electrons. The number of hydrogen-bond acceptors (Lipinski definition) is 5. The first kappa shape index (κ1) is 22.7. The van der Waals surface area contributed by atoms with E-state index in [4.69, 9.17) is 19.2 Å². The van der Waals surface area contributed by atoms with Crippen LogP contribution in [0.15, 0.2) is 29.3 Å². The Balaban J connectivity index is 1.35. The molecule has 3 rings (SSSR count). The quantitative estimate of drug-likeness (QED) is 0.327. The minimum absolute atomic E-state index is 0.305. The molecule has 2 saturated heterocycles. The molecule has 0 saturated carbocycles. The third kappa shape index (κ3) is 7.36. The van der Waals surface area contributed by atoms with E-state index in [1.54, 1.807) is 7.11 Å². The Morgan fingerprint density at radius 2 is 2.23 bits per heavy atom. The monoisotopic (exact) mass is 418 g/mol. The Hall–Kier alpha value is -1.99. The van der Waals surface area contributed by atoms with Gasteiger partial charge in [-0.1, -0.05) is 6.07 Å². The summed E-state index contributed by atoms with van der Waals surface area (Å²) < 4.78 is 16.7. The van der Waals surface area contributed by atoms with Crippen LogP contribution in [-0.2, 0) is 9.47 Å². The molecule has 30 heavy (non-hydrogen) atoms. The van der Waals surface area contributed by atoms with E-state index in [2.05, 4.69) is 40.7 Å². The van der Waals surface area contributed by atoms with Gasteiger partial charge in [0.15, 0.2) is 5.96 Å². The molecular weight excluding hydrogens is 380 g/mol. The zero-order valence-corrected chi connectivity index (χ0v) is 18.6. The molecule has 0 aliphatic carbocycles. The highest BCUT2D eigenvalue weighted by atomic mass is 16.5. The van der Waals surface area contributed by atoms with Crippen molar-refractivity contribution in [3.8, 4) is 5.75 Å². The number of anilines is 1. The molecule has 2 atom stereocenters. The summed E-state index contributed by atoms with van der Waals surface area (Å²) in [6, 6.07) is 8.31. The normalized spacial score (nSPS) is 21.8. The molecule has 1 aromatic rings. The maximum absolute atomic E-state index is 5.73. The number of nitrogens with one attached hydrogen (secondary N) is 2. The molecule has 0 radical (unpaired) electrons. The lowest BCUT2D eigenvalue weighted by molar-refractivity contribution is 0.0168. The molecule has 7 nitrogen and oxygen atoms in total. The number of aliphatic imine (C=N–C) groups is 1. The first-order valence-corrected chi connectivity index (χ1v) is 11.4. The third-order valence-electron chi connectivity index (χ3n) is 5.64. The van der Waals surface area contributed by atoms with Gasteiger partial charge in [0.05, 0.1) is 19.8 Å². The summed E-state index contributed by atoms with van der Waals surface area (Å²) in [4.78, 5) is 7.25. The van der Waals surface area contributed by atoms with E-state index in [9.17, 15) is 0 Å². The van der Waals surface area contributed by atoms with E-state index >= 15 is 0 Å². The first-order valence-electron chi connectivity index (χ1n) is 11.4. The van der Waals surface area contributed by atoms with Gasteiger partial charge in [-0.15, -0.1) is 0 Å². The van der Waals surface area contributed by atoms with Gasteiger partial charge < -0.3 is 29.7 Å². The van der Waals surface area contributed by atoms with Crippen LogP contribution < -0.4 is 20.3 Å². The van der Waals surface area contributed by atoms with Gasteiger partial charge >= 0.3 is 0 Å². The average Bonchev–Trinajstić information content (AvgIpc) is 3.46. The van der Waals surface area contributed by atoms with Gasteiger partial charge in [0.1, 0.15) is 5.75 Å². The molecule has 0 bridgehead atoms. The maximum Gasteiger partial charge on any atom is 0.191 e.